The highest BCUT2D eigenvalue weighted by Gasteiger charge is 2.48. The summed E-state index contributed by atoms with van der Waals surface area (Å²) in [4.78, 5) is 35.3. The third-order valence-electron chi connectivity index (χ3n) is 6.22. The number of aliphatic hydroxyl groups is 2. The Morgan fingerprint density at radius 2 is 1.83 bits per heavy atom. The average Bonchev–Trinajstić information content (AvgIpc) is 2.72. The van der Waals surface area contributed by atoms with Gasteiger partial charge in [0, 0.05) is 25.9 Å². The Hall–Kier alpha value is -2.56. The number of aliphatic hydroxyl groups excluding tert-OH is 2. The van der Waals surface area contributed by atoms with Crippen LogP contribution >= 0.6 is 0 Å². The van der Waals surface area contributed by atoms with E-state index in [1.807, 2.05) is 13.8 Å². The maximum Gasteiger partial charge on any atom is 0.332 e. The predicted molar refractivity (Wildman–Crippen MR) is 122 cm³/mol. The normalized spacial score (nSPS) is 21.2. The number of benzene rings is 1. The Bertz CT molecular complexity index is 888. The van der Waals surface area contributed by atoms with Gasteiger partial charge in [0.05, 0.1) is 31.7 Å². The molecule has 1 aromatic carbocycles. The molecule has 1 aliphatic carbocycles. The molecule has 0 heterocycles. The highest BCUT2D eigenvalue weighted by molar-refractivity contribution is 5.72. The number of carboxylic acid groups (broad SMARTS) is 1. The molecule has 9 nitrogen and oxygen atoms in total. The number of hydrogen-bond acceptors (Lipinski definition) is 8. The van der Waals surface area contributed by atoms with Gasteiger partial charge in [-0.2, -0.15) is 0 Å². The van der Waals surface area contributed by atoms with E-state index in [1.165, 1.54) is 19.2 Å². The zero-order valence-electron chi connectivity index (χ0n) is 20.4. The van der Waals surface area contributed by atoms with Gasteiger partial charge < -0.3 is 29.5 Å². The van der Waals surface area contributed by atoms with Crippen LogP contribution in [-0.4, -0.2) is 71.4 Å². The van der Waals surface area contributed by atoms with Crippen molar-refractivity contribution < 1.29 is 48.3 Å². The molecule has 0 amide bonds. The quantitative estimate of drug-likeness (QED) is 0.350. The second-order valence-corrected chi connectivity index (χ2v) is 9.35. The minimum Gasteiger partial charge on any atom is -0.481 e. The molecule has 10 heteroatoms. The van der Waals surface area contributed by atoms with Crippen LogP contribution in [0.15, 0.2) is 18.2 Å². The first kappa shape index (κ1) is 28.7. The summed E-state index contributed by atoms with van der Waals surface area (Å²) in [6, 6.07) is 4.57. The van der Waals surface area contributed by atoms with E-state index in [4.69, 9.17) is 19.3 Å². The Labute approximate surface area is 204 Å². The number of halogens is 1. The van der Waals surface area contributed by atoms with Crippen molar-refractivity contribution in [2.45, 2.75) is 76.1 Å². The molecule has 0 unspecified atom stereocenters. The fourth-order valence-corrected chi connectivity index (χ4v) is 4.94. The summed E-state index contributed by atoms with van der Waals surface area (Å²) in [6.45, 7) is 3.62. The Morgan fingerprint density at radius 1 is 1.14 bits per heavy atom. The van der Waals surface area contributed by atoms with Crippen LogP contribution in [0.5, 0.6) is 0 Å². The van der Waals surface area contributed by atoms with Gasteiger partial charge in [-0.1, -0.05) is 19.9 Å². The molecular weight excluding hydrogens is 463 g/mol. The van der Waals surface area contributed by atoms with E-state index in [0.717, 1.165) is 11.1 Å². The second kappa shape index (κ2) is 12.9. The third-order valence-corrected chi connectivity index (χ3v) is 6.22. The third kappa shape index (κ3) is 8.26. The summed E-state index contributed by atoms with van der Waals surface area (Å²) in [5, 5.41) is 28.3. The van der Waals surface area contributed by atoms with Crippen LogP contribution < -0.4 is 0 Å². The maximum atomic E-state index is 13.8. The van der Waals surface area contributed by atoms with Crippen LogP contribution in [-0.2, 0) is 35.0 Å². The topological polar surface area (TPSA) is 140 Å². The monoisotopic (exact) mass is 498 g/mol. The number of ether oxygens (including phenoxy) is 3. The van der Waals surface area contributed by atoms with Crippen LogP contribution in [0.4, 0.5) is 4.39 Å². The molecule has 1 aliphatic rings. The van der Waals surface area contributed by atoms with Crippen molar-refractivity contribution >= 4 is 17.9 Å². The number of aryl methyl sites for hydroxylation is 1. The molecule has 0 aromatic heterocycles. The van der Waals surface area contributed by atoms with Crippen molar-refractivity contribution in [2.24, 2.45) is 5.92 Å². The average molecular weight is 499 g/mol. The first-order valence-corrected chi connectivity index (χ1v) is 11.7. The minimum atomic E-state index is -1.28. The molecule has 0 fully saturated rings. The van der Waals surface area contributed by atoms with Crippen LogP contribution in [0.2, 0.25) is 0 Å². The lowest BCUT2D eigenvalue weighted by atomic mass is 9.66. The van der Waals surface area contributed by atoms with Crippen LogP contribution in [0, 0.1) is 11.7 Å². The highest BCUT2D eigenvalue weighted by atomic mass is 19.1. The lowest BCUT2D eigenvalue weighted by Crippen LogP contribution is -2.48. The molecule has 35 heavy (non-hydrogen) atoms. The lowest BCUT2D eigenvalue weighted by molar-refractivity contribution is -0.174. The molecule has 0 spiro atoms. The molecule has 196 valence electrons. The van der Waals surface area contributed by atoms with Crippen LogP contribution in [0.1, 0.15) is 63.0 Å². The fourth-order valence-electron chi connectivity index (χ4n) is 4.94. The Kier molecular flexibility index (Phi) is 10.6. The number of methoxy groups -OCH3 is 1. The molecule has 0 radical (unpaired) electrons. The summed E-state index contributed by atoms with van der Waals surface area (Å²) >= 11 is 0. The van der Waals surface area contributed by atoms with Crippen molar-refractivity contribution in [1.29, 1.82) is 0 Å². The van der Waals surface area contributed by atoms with E-state index in [0.29, 0.717) is 12.8 Å². The Balaban J connectivity index is 2.12. The minimum absolute atomic E-state index is 0.0168. The molecule has 0 bridgehead atoms. The van der Waals surface area contributed by atoms with Crippen molar-refractivity contribution in [3.8, 4) is 0 Å². The van der Waals surface area contributed by atoms with Gasteiger partial charge in [-0.3, -0.25) is 9.59 Å². The molecule has 0 aliphatic heterocycles. The molecule has 0 saturated carbocycles. The number of carbonyl (C=O) groups excluding carboxylic acids is 2. The van der Waals surface area contributed by atoms with Crippen LogP contribution in [0.25, 0.3) is 0 Å². The van der Waals surface area contributed by atoms with Crippen molar-refractivity contribution in [1.82, 2.24) is 0 Å². The van der Waals surface area contributed by atoms with Gasteiger partial charge in [-0.25, -0.2) is 9.18 Å². The molecular formula is C25H35FO9. The number of rotatable bonds is 13. The number of aliphatic carboxylic acids is 1. The van der Waals surface area contributed by atoms with Gasteiger partial charge in [0.2, 0.25) is 0 Å². The van der Waals surface area contributed by atoms with E-state index in [2.05, 4.69) is 0 Å². The second-order valence-electron chi connectivity index (χ2n) is 9.35. The van der Waals surface area contributed by atoms with Gasteiger partial charge in [0.15, 0.2) is 0 Å². The smallest absolute Gasteiger partial charge is 0.332 e. The lowest BCUT2D eigenvalue weighted by Gasteiger charge is -2.46. The number of carboxylic acids is 1. The summed E-state index contributed by atoms with van der Waals surface area (Å²) in [5.74, 6) is -3.09. The SMILES string of the molecule is COCC(=O)O[C@]1(CCOC(=O)C[C@@H](O)C[C@@H](O)CC(=O)O)CCc2cc(F)ccc2[C@@H]1C(C)C. The Morgan fingerprint density at radius 3 is 2.46 bits per heavy atom. The van der Waals surface area contributed by atoms with Crippen molar-refractivity contribution in [3.05, 3.63) is 35.1 Å². The summed E-state index contributed by atoms with van der Waals surface area (Å²) in [5.41, 5.74) is 0.722. The number of carbonyl (C=O) groups is 3. The van der Waals surface area contributed by atoms with Crippen molar-refractivity contribution in [2.75, 3.05) is 20.3 Å². The van der Waals surface area contributed by atoms with Gasteiger partial charge in [-0.05, 0) is 42.0 Å². The van der Waals surface area contributed by atoms with E-state index >= 15 is 0 Å². The summed E-state index contributed by atoms with van der Waals surface area (Å²) in [7, 11) is 1.38. The highest BCUT2D eigenvalue weighted by Crippen LogP contribution is 2.48. The molecule has 3 N–H and O–H groups in total. The first-order chi connectivity index (χ1) is 16.5. The number of fused-ring (bicyclic) bond motifs is 1. The zero-order valence-corrected chi connectivity index (χ0v) is 20.4. The largest absolute Gasteiger partial charge is 0.481 e. The molecule has 4 atom stereocenters. The van der Waals surface area contributed by atoms with E-state index < -0.39 is 48.6 Å². The first-order valence-electron chi connectivity index (χ1n) is 11.7. The predicted octanol–water partition coefficient (Wildman–Crippen LogP) is 2.35. The van der Waals surface area contributed by atoms with Gasteiger partial charge in [0.25, 0.3) is 0 Å². The summed E-state index contributed by atoms with van der Waals surface area (Å²) < 4.78 is 30.0. The maximum absolute atomic E-state index is 13.8. The van der Waals surface area contributed by atoms with E-state index in [1.54, 1.807) is 6.07 Å². The van der Waals surface area contributed by atoms with E-state index in [-0.39, 0.29) is 43.7 Å². The number of hydrogen-bond donors (Lipinski definition) is 3. The molecule has 2 rings (SSSR count). The zero-order chi connectivity index (χ0) is 26.2. The van der Waals surface area contributed by atoms with Crippen molar-refractivity contribution in [3.63, 3.8) is 0 Å². The standard InChI is InChI=1S/C25H35FO9/c1-15(2)24-20-5-4-17(26)10-16(20)6-7-25(24,35-23(32)14-33-3)8-9-34-22(31)13-19(28)11-18(27)12-21(29)30/h4-5,10,15,18-19,24,27-28H,6-9,11-14H2,1-3H3,(H,29,30)/t18-,19+,24+,25+/m1/s1. The van der Waals surface area contributed by atoms with E-state index in [9.17, 15) is 29.0 Å². The van der Waals surface area contributed by atoms with Gasteiger partial charge in [-0.15, -0.1) is 0 Å². The summed E-state index contributed by atoms with van der Waals surface area (Å²) in [6.07, 6.45) is -2.70. The fraction of sp³-hybridized carbons (Fsp3) is 0.640. The van der Waals surface area contributed by atoms with Gasteiger partial charge in [0.1, 0.15) is 18.0 Å². The molecule has 0 saturated heterocycles. The number of esters is 2. The van der Waals surface area contributed by atoms with Gasteiger partial charge >= 0.3 is 17.9 Å². The molecule has 1 aromatic rings. The van der Waals surface area contributed by atoms with Crippen LogP contribution in [0.3, 0.4) is 0 Å².